The minimum absolute atomic E-state index is 0.0477. The fourth-order valence-corrected chi connectivity index (χ4v) is 3.68. The Morgan fingerprint density at radius 1 is 1.00 bits per heavy atom. The van der Waals surface area contributed by atoms with Crippen LogP contribution >= 0.6 is 11.6 Å². The van der Waals surface area contributed by atoms with E-state index in [2.05, 4.69) is 4.72 Å². The van der Waals surface area contributed by atoms with Crippen LogP contribution in [0.4, 0.5) is 18.9 Å². The lowest BCUT2D eigenvalue weighted by molar-refractivity contribution is 0.0627. The van der Waals surface area contributed by atoms with Crippen molar-refractivity contribution in [2.45, 2.75) is 6.54 Å². The average Bonchev–Trinajstić information content (AvgIpc) is 2.66. The smallest absolute Gasteiger partial charge is 0.255 e. The molecule has 0 unspecified atom stereocenters. The summed E-state index contributed by atoms with van der Waals surface area (Å²) in [5.41, 5.74) is 0.533. The topological polar surface area (TPSA) is 69.7 Å². The number of carbonyl (C=O) groups is 1. The van der Waals surface area contributed by atoms with Gasteiger partial charge in [-0.15, -0.1) is 0 Å². The quantitative estimate of drug-likeness (QED) is 0.546. The zero-order valence-electron chi connectivity index (χ0n) is 15.0. The third kappa shape index (κ3) is 5.20. The van der Waals surface area contributed by atoms with Crippen molar-refractivity contribution in [3.05, 3.63) is 63.9 Å². The number of rotatable bonds is 5. The molecule has 0 aliphatic carbocycles. The molecule has 0 radical (unpaired) electrons. The minimum atomic E-state index is -2.84. The van der Waals surface area contributed by atoms with Gasteiger partial charge in [0.25, 0.3) is 5.91 Å². The summed E-state index contributed by atoms with van der Waals surface area (Å²) in [5, 5.41) is 0.114. The van der Waals surface area contributed by atoms with E-state index in [-0.39, 0.29) is 34.3 Å². The van der Waals surface area contributed by atoms with Crippen LogP contribution in [0.2, 0.25) is 5.02 Å². The first kappa shape index (κ1) is 21.4. The van der Waals surface area contributed by atoms with E-state index in [4.69, 9.17) is 11.6 Å². The molecule has 2 aromatic rings. The van der Waals surface area contributed by atoms with Crippen LogP contribution in [0, 0.1) is 17.5 Å². The number of benzene rings is 2. The lowest BCUT2D eigenvalue weighted by atomic mass is 10.1. The maximum Gasteiger partial charge on any atom is 0.255 e. The van der Waals surface area contributed by atoms with Crippen molar-refractivity contribution in [2.75, 3.05) is 30.9 Å². The second kappa shape index (κ2) is 9.02. The summed E-state index contributed by atoms with van der Waals surface area (Å²) in [6.45, 7) is 1.61. The van der Waals surface area contributed by atoms with Crippen molar-refractivity contribution in [1.29, 1.82) is 0 Å². The fourth-order valence-electron chi connectivity index (χ4n) is 3.07. The van der Waals surface area contributed by atoms with Crippen LogP contribution in [0.5, 0.6) is 0 Å². The Balaban J connectivity index is 1.62. The second-order valence-electron chi connectivity index (χ2n) is 6.49. The van der Waals surface area contributed by atoms with Gasteiger partial charge in [-0.05, 0) is 24.3 Å². The van der Waals surface area contributed by atoms with Crippen molar-refractivity contribution in [3.8, 4) is 0 Å². The summed E-state index contributed by atoms with van der Waals surface area (Å²) in [6.07, 6.45) is 0. The van der Waals surface area contributed by atoms with E-state index in [0.717, 1.165) is 6.07 Å². The number of anilines is 1. The Morgan fingerprint density at radius 2 is 1.66 bits per heavy atom. The highest BCUT2D eigenvalue weighted by atomic mass is 35.5. The highest BCUT2D eigenvalue weighted by Crippen LogP contribution is 2.23. The molecular formula is C18H17ClF3N3O3S. The number of halogens is 4. The molecule has 0 aromatic heterocycles. The Bertz CT molecular complexity index is 1000. The van der Waals surface area contributed by atoms with Gasteiger partial charge in [-0.1, -0.05) is 11.6 Å². The number of nitrogens with one attached hydrogen (secondary N) is 1. The molecule has 156 valence electrons. The van der Waals surface area contributed by atoms with Crippen LogP contribution in [-0.2, 0) is 17.4 Å². The maximum absolute atomic E-state index is 13.8. The van der Waals surface area contributed by atoms with Gasteiger partial charge in [0.05, 0.1) is 10.6 Å². The normalized spacial score (nSPS) is 15.0. The summed E-state index contributed by atoms with van der Waals surface area (Å²) in [7, 11) is -2.84. The zero-order chi connectivity index (χ0) is 21.1. The molecule has 0 atom stereocenters. The third-order valence-electron chi connectivity index (χ3n) is 4.56. The van der Waals surface area contributed by atoms with Crippen molar-refractivity contribution < 1.29 is 26.4 Å². The monoisotopic (exact) mass is 447 g/mol. The van der Waals surface area contributed by atoms with E-state index < -0.39 is 28.3 Å². The van der Waals surface area contributed by atoms with E-state index in [1.54, 1.807) is 4.90 Å². The summed E-state index contributed by atoms with van der Waals surface area (Å²) in [5.74, 6) is -3.47. The molecule has 1 aliphatic heterocycles. The summed E-state index contributed by atoms with van der Waals surface area (Å²) < 4.78 is 63.8. The number of hydrogen-bond donors (Lipinski definition) is 2. The van der Waals surface area contributed by atoms with Gasteiger partial charge in [-0.2, -0.15) is 0 Å². The van der Waals surface area contributed by atoms with Crippen LogP contribution in [-0.4, -0.2) is 50.3 Å². The Kier molecular flexibility index (Phi) is 6.66. The van der Waals surface area contributed by atoms with E-state index in [9.17, 15) is 26.4 Å². The first-order valence-electron chi connectivity index (χ1n) is 8.60. The first-order chi connectivity index (χ1) is 13.7. The molecular weight excluding hydrogens is 431 g/mol. The van der Waals surface area contributed by atoms with E-state index in [0.29, 0.717) is 32.2 Å². The number of nitrogens with zero attached hydrogens (tertiary/aromatic N) is 2. The number of piperazine rings is 1. The molecule has 6 nitrogen and oxygen atoms in total. The van der Waals surface area contributed by atoms with Gasteiger partial charge in [0.2, 0.25) is 10.9 Å². The molecule has 1 saturated heterocycles. The van der Waals surface area contributed by atoms with Gasteiger partial charge in [0.1, 0.15) is 5.82 Å². The minimum Gasteiger partial charge on any atom is -0.336 e. The maximum atomic E-state index is 13.8. The number of carbonyl (C=O) groups excluding carboxylic acids is 1. The number of thiol groups is 1. The number of amides is 1. The third-order valence-corrected chi connectivity index (χ3v) is 5.32. The van der Waals surface area contributed by atoms with E-state index in [1.807, 2.05) is 4.90 Å². The Labute approximate surface area is 171 Å². The fraction of sp³-hybridized carbons (Fsp3) is 0.278. The van der Waals surface area contributed by atoms with Gasteiger partial charge >= 0.3 is 0 Å². The van der Waals surface area contributed by atoms with Crippen molar-refractivity contribution in [1.82, 2.24) is 9.80 Å². The van der Waals surface area contributed by atoms with Crippen LogP contribution in [0.3, 0.4) is 0 Å². The predicted octanol–water partition coefficient (Wildman–Crippen LogP) is 2.65. The van der Waals surface area contributed by atoms with E-state index in [1.165, 1.54) is 18.2 Å². The predicted molar refractivity (Wildman–Crippen MR) is 103 cm³/mol. The van der Waals surface area contributed by atoms with Crippen LogP contribution in [0.1, 0.15) is 15.9 Å². The van der Waals surface area contributed by atoms with Gasteiger partial charge in [-0.25, -0.2) is 21.6 Å². The molecule has 0 bridgehead atoms. The molecule has 3 rings (SSSR count). The van der Waals surface area contributed by atoms with Gasteiger partial charge in [0.15, 0.2) is 11.6 Å². The lowest BCUT2D eigenvalue weighted by Gasteiger charge is -2.35. The molecule has 0 saturated carbocycles. The van der Waals surface area contributed by atoms with Crippen molar-refractivity contribution in [3.63, 3.8) is 0 Å². The molecule has 1 N–H and O–H groups in total. The van der Waals surface area contributed by atoms with Crippen molar-refractivity contribution >= 4 is 34.1 Å². The van der Waals surface area contributed by atoms with E-state index >= 15 is 0 Å². The SMILES string of the molecule is O=C(c1ccc(N[SH](=O)=O)cc1Cl)N1CCN(Cc2cc(F)c(F)cc2F)CC1. The van der Waals surface area contributed by atoms with Crippen molar-refractivity contribution in [2.24, 2.45) is 0 Å². The lowest BCUT2D eigenvalue weighted by Crippen LogP contribution is -2.48. The second-order valence-corrected chi connectivity index (χ2v) is 7.63. The summed E-state index contributed by atoms with van der Waals surface area (Å²) in [6, 6.07) is 5.59. The molecule has 29 heavy (non-hydrogen) atoms. The molecule has 1 heterocycles. The van der Waals surface area contributed by atoms with Crippen LogP contribution < -0.4 is 4.72 Å². The van der Waals surface area contributed by atoms with Crippen LogP contribution in [0.15, 0.2) is 30.3 Å². The molecule has 1 amide bonds. The largest absolute Gasteiger partial charge is 0.336 e. The molecule has 1 aliphatic rings. The van der Waals surface area contributed by atoms with Gasteiger partial charge in [-0.3, -0.25) is 14.4 Å². The van der Waals surface area contributed by atoms with Gasteiger partial charge < -0.3 is 4.90 Å². The zero-order valence-corrected chi connectivity index (χ0v) is 16.7. The molecule has 0 spiro atoms. The number of hydrogen-bond acceptors (Lipinski definition) is 4. The summed E-state index contributed by atoms with van der Waals surface area (Å²) >= 11 is 6.11. The average molecular weight is 448 g/mol. The Morgan fingerprint density at radius 3 is 2.28 bits per heavy atom. The standard InChI is InChI=1S/C18H17ClF3N3O3S/c19-14-8-12(23-29(27)28)1-2-13(14)18(26)25-5-3-24(4-6-25)10-11-7-16(21)17(22)9-15(11)20/h1-2,7-9,29H,3-6,10H2,(H,23,27,28). The molecule has 1 fully saturated rings. The van der Waals surface area contributed by atoms with Gasteiger partial charge in [0, 0.05) is 50.0 Å². The molecule has 11 heteroatoms. The Hall–Kier alpha value is -2.30. The molecule has 2 aromatic carbocycles. The highest BCUT2D eigenvalue weighted by molar-refractivity contribution is 7.73. The van der Waals surface area contributed by atoms with Crippen LogP contribution in [0.25, 0.3) is 0 Å². The first-order valence-corrected chi connectivity index (χ1v) is 10.2. The highest BCUT2D eigenvalue weighted by Gasteiger charge is 2.24. The summed E-state index contributed by atoms with van der Waals surface area (Å²) in [4.78, 5) is 16.1.